The molecule has 1 unspecified atom stereocenters. The van der Waals surface area contributed by atoms with Gasteiger partial charge in [0.15, 0.2) is 0 Å². The van der Waals surface area contributed by atoms with Crippen molar-refractivity contribution in [3.8, 4) is 10.4 Å². The van der Waals surface area contributed by atoms with Crippen molar-refractivity contribution in [2.75, 3.05) is 13.2 Å². The Bertz CT molecular complexity index is 660. The maximum Gasteiger partial charge on any atom is 0.261 e. The molecule has 22 heavy (non-hydrogen) atoms. The maximum atomic E-state index is 12.3. The van der Waals surface area contributed by atoms with Crippen molar-refractivity contribution in [1.82, 2.24) is 5.32 Å². The second kappa shape index (κ2) is 7.01. The third kappa shape index (κ3) is 3.82. The number of hydrogen-bond acceptors (Lipinski definition) is 3. The zero-order valence-electron chi connectivity index (χ0n) is 11.8. The van der Waals surface area contributed by atoms with Gasteiger partial charge in [-0.3, -0.25) is 4.79 Å². The zero-order valence-corrected chi connectivity index (χ0v) is 14.1. The molecule has 116 valence electrons. The lowest BCUT2D eigenvalue weighted by molar-refractivity contribution is 0.0626. The molecule has 1 aliphatic heterocycles. The Morgan fingerprint density at radius 3 is 2.68 bits per heavy atom. The summed E-state index contributed by atoms with van der Waals surface area (Å²) in [7, 11) is 0. The predicted molar refractivity (Wildman–Crippen MR) is 91.1 cm³/mol. The SMILES string of the molecule is O=C(NC1CCCOC1)c1ccc(-c2cc(Cl)cc(Cl)c2)s1. The number of carbonyl (C=O) groups is 1. The smallest absolute Gasteiger partial charge is 0.261 e. The van der Waals surface area contributed by atoms with Crippen LogP contribution in [-0.2, 0) is 4.74 Å². The Hall–Kier alpha value is -1.07. The van der Waals surface area contributed by atoms with E-state index in [0.717, 1.165) is 29.9 Å². The second-order valence-corrected chi connectivity index (χ2v) is 7.17. The van der Waals surface area contributed by atoms with Crippen LogP contribution >= 0.6 is 34.5 Å². The Balaban J connectivity index is 1.73. The van der Waals surface area contributed by atoms with E-state index in [1.54, 1.807) is 6.07 Å². The van der Waals surface area contributed by atoms with Gasteiger partial charge in [-0.05, 0) is 48.7 Å². The lowest BCUT2D eigenvalue weighted by Gasteiger charge is -2.22. The highest BCUT2D eigenvalue weighted by Crippen LogP contribution is 2.32. The molecule has 1 aliphatic rings. The number of hydrogen-bond donors (Lipinski definition) is 1. The maximum absolute atomic E-state index is 12.3. The van der Waals surface area contributed by atoms with Crippen LogP contribution in [0.25, 0.3) is 10.4 Å². The number of halogens is 2. The van der Waals surface area contributed by atoms with Crippen molar-refractivity contribution in [2.24, 2.45) is 0 Å². The van der Waals surface area contributed by atoms with Crippen LogP contribution in [0, 0.1) is 0 Å². The van der Waals surface area contributed by atoms with Gasteiger partial charge in [-0.25, -0.2) is 0 Å². The number of benzene rings is 1. The highest BCUT2D eigenvalue weighted by Gasteiger charge is 2.18. The van der Waals surface area contributed by atoms with E-state index in [-0.39, 0.29) is 11.9 Å². The van der Waals surface area contributed by atoms with E-state index in [2.05, 4.69) is 5.32 Å². The third-order valence-corrected chi connectivity index (χ3v) is 5.04. The third-order valence-electron chi connectivity index (χ3n) is 3.47. The predicted octanol–water partition coefficient (Wildman–Crippen LogP) is 4.63. The second-order valence-electron chi connectivity index (χ2n) is 5.21. The molecule has 0 aliphatic carbocycles. The molecular weight excluding hydrogens is 341 g/mol. The molecule has 1 atom stereocenters. The molecule has 1 aromatic carbocycles. The van der Waals surface area contributed by atoms with Gasteiger partial charge in [0.2, 0.25) is 0 Å². The molecule has 3 rings (SSSR count). The monoisotopic (exact) mass is 355 g/mol. The first-order valence-electron chi connectivity index (χ1n) is 7.07. The fourth-order valence-corrected chi connectivity index (χ4v) is 3.84. The Kier molecular flexibility index (Phi) is 5.03. The van der Waals surface area contributed by atoms with Crippen LogP contribution < -0.4 is 5.32 Å². The van der Waals surface area contributed by atoms with Gasteiger partial charge in [0, 0.05) is 21.5 Å². The highest BCUT2D eigenvalue weighted by molar-refractivity contribution is 7.17. The van der Waals surface area contributed by atoms with Crippen molar-refractivity contribution in [3.63, 3.8) is 0 Å². The Morgan fingerprint density at radius 2 is 2.00 bits per heavy atom. The topological polar surface area (TPSA) is 38.3 Å². The van der Waals surface area contributed by atoms with Gasteiger partial charge in [-0.1, -0.05) is 23.2 Å². The largest absolute Gasteiger partial charge is 0.379 e. The molecular formula is C16H15Cl2NO2S. The number of nitrogens with one attached hydrogen (secondary N) is 1. The van der Waals surface area contributed by atoms with Crippen LogP contribution in [0.2, 0.25) is 10.0 Å². The number of ether oxygens (including phenoxy) is 1. The number of carbonyl (C=O) groups excluding carboxylic acids is 1. The van der Waals surface area contributed by atoms with Crippen molar-refractivity contribution in [2.45, 2.75) is 18.9 Å². The molecule has 0 bridgehead atoms. The lowest BCUT2D eigenvalue weighted by Crippen LogP contribution is -2.40. The van der Waals surface area contributed by atoms with E-state index in [4.69, 9.17) is 27.9 Å². The molecule has 1 amide bonds. The normalized spacial score (nSPS) is 18.2. The van der Waals surface area contributed by atoms with Gasteiger partial charge in [0.25, 0.3) is 5.91 Å². The fraction of sp³-hybridized carbons (Fsp3) is 0.312. The Morgan fingerprint density at radius 1 is 1.23 bits per heavy atom. The quantitative estimate of drug-likeness (QED) is 0.871. The van der Waals surface area contributed by atoms with Gasteiger partial charge in [-0.15, -0.1) is 11.3 Å². The number of rotatable bonds is 3. The lowest BCUT2D eigenvalue weighted by atomic mass is 10.1. The van der Waals surface area contributed by atoms with E-state index in [1.165, 1.54) is 11.3 Å². The summed E-state index contributed by atoms with van der Waals surface area (Å²) in [6.07, 6.45) is 1.95. The summed E-state index contributed by atoms with van der Waals surface area (Å²) in [5.41, 5.74) is 0.919. The van der Waals surface area contributed by atoms with E-state index in [0.29, 0.717) is 21.5 Å². The zero-order chi connectivity index (χ0) is 15.5. The summed E-state index contributed by atoms with van der Waals surface area (Å²) >= 11 is 13.5. The molecule has 0 saturated carbocycles. The minimum absolute atomic E-state index is 0.0557. The summed E-state index contributed by atoms with van der Waals surface area (Å²) in [5.74, 6) is -0.0557. The van der Waals surface area contributed by atoms with Crippen LogP contribution in [0.4, 0.5) is 0 Å². The van der Waals surface area contributed by atoms with Gasteiger partial charge in [0.05, 0.1) is 17.5 Å². The molecule has 0 radical (unpaired) electrons. The first-order chi connectivity index (χ1) is 10.6. The molecule has 1 saturated heterocycles. The average Bonchev–Trinajstić information content (AvgIpc) is 2.97. The first kappa shape index (κ1) is 15.8. The number of amides is 1. The molecule has 3 nitrogen and oxygen atoms in total. The minimum Gasteiger partial charge on any atom is -0.379 e. The molecule has 2 aromatic rings. The van der Waals surface area contributed by atoms with Crippen LogP contribution in [-0.4, -0.2) is 25.2 Å². The van der Waals surface area contributed by atoms with Crippen LogP contribution in [0.1, 0.15) is 22.5 Å². The molecule has 6 heteroatoms. The minimum atomic E-state index is -0.0557. The molecule has 1 aromatic heterocycles. The fourth-order valence-electron chi connectivity index (χ4n) is 2.42. The molecule has 0 spiro atoms. The standard InChI is InChI=1S/C16H15Cl2NO2S/c17-11-6-10(7-12(18)8-11)14-3-4-15(22-14)16(20)19-13-2-1-5-21-9-13/h3-4,6-8,13H,1-2,5,9H2,(H,19,20). The molecule has 1 fully saturated rings. The van der Waals surface area contributed by atoms with Crippen LogP contribution in [0.15, 0.2) is 30.3 Å². The first-order valence-corrected chi connectivity index (χ1v) is 8.64. The van der Waals surface area contributed by atoms with Crippen molar-refractivity contribution >= 4 is 40.4 Å². The van der Waals surface area contributed by atoms with Gasteiger partial charge < -0.3 is 10.1 Å². The van der Waals surface area contributed by atoms with Crippen LogP contribution in [0.5, 0.6) is 0 Å². The van der Waals surface area contributed by atoms with Crippen molar-refractivity contribution in [1.29, 1.82) is 0 Å². The van der Waals surface area contributed by atoms with Crippen LogP contribution in [0.3, 0.4) is 0 Å². The molecule has 1 N–H and O–H groups in total. The van der Waals surface area contributed by atoms with E-state index < -0.39 is 0 Å². The summed E-state index contributed by atoms with van der Waals surface area (Å²) in [5, 5.41) is 4.19. The number of thiophene rings is 1. The van der Waals surface area contributed by atoms with Gasteiger partial charge in [0.1, 0.15) is 0 Å². The molecule has 2 heterocycles. The van der Waals surface area contributed by atoms with E-state index in [1.807, 2.05) is 24.3 Å². The summed E-state index contributed by atoms with van der Waals surface area (Å²) < 4.78 is 5.38. The highest BCUT2D eigenvalue weighted by atomic mass is 35.5. The van der Waals surface area contributed by atoms with Crippen molar-refractivity contribution < 1.29 is 9.53 Å². The van der Waals surface area contributed by atoms with Gasteiger partial charge >= 0.3 is 0 Å². The summed E-state index contributed by atoms with van der Waals surface area (Å²) in [6, 6.07) is 9.22. The average molecular weight is 356 g/mol. The van der Waals surface area contributed by atoms with E-state index in [9.17, 15) is 4.79 Å². The summed E-state index contributed by atoms with van der Waals surface area (Å²) in [6.45, 7) is 1.37. The van der Waals surface area contributed by atoms with Crippen molar-refractivity contribution in [3.05, 3.63) is 45.3 Å². The Labute approximate surface area is 143 Å². The van der Waals surface area contributed by atoms with E-state index >= 15 is 0 Å². The summed E-state index contributed by atoms with van der Waals surface area (Å²) in [4.78, 5) is 13.9. The van der Waals surface area contributed by atoms with Gasteiger partial charge in [-0.2, -0.15) is 0 Å².